The van der Waals surface area contributed by atoms with Crippen molar-refractivity contribution in [1.29, 1.82) is 0 Å². The summed E-state index contributed by atoms with van der Waals surface area (Å²) in [4.78, 5) is 0. The number of rotatable bonds is 4. The second-order valence-electron chi connectivity index (χ2n) is 5.53. The maximum Gasteiger partial charge on any atom is 0.187 e. The number of aliphatic hydroxyl groups excluding tert-OH is 8. The van der Waals surface area contributed by atoms with E-state index in [9.17, 15) is 35.7 Å². The molecule has 1 radical (unpaired) electrons. The summed E-state index contributed by atoms with van der Waals surface area (Å²) in [7, 11) is 0. The molecule has 1 unspecified atom stereocenters. The molecular weight excluding hydrogens is 517 g/mol. The van der Waals surface area contributed by atoms with E-state index < -0.39 is 74.6 Å². The van der Waals surface area contributed by atoms with Crippen LogP contribution in [0.15, 0.2) is 0 Å². The van der Waals surface area contributed by atoms with Crippen LogP contribution in [0.3, 0.4) is 0 Å². The molecule has 10 atom stereocenters. The predicted octanol–water partition coefficient (Wildman–Crippen LogP) is -5.40. The molecule has 0 saturated carbocycles. The minimum Gasteiger partial charge on any atom is -0.394 e. The summed E-state index contributed by atoms with van der Waals surface area (Å²) in [6.45, 7) is -1.35. The summed E-state index contributed by atoms with van der Waals surface area (Å²) in [6, 6.07) is 0. The van der Waals surface area contributed by atoms with E-state index in [0.717, 1.165) is 0 Å². The second-order valence-corrected chi connectivity index (χ2v) is 5.53. The molecule has 0 amide bonds. The summed E-state index contributed by atoms with van der Waals surface area (Å²) in [5.41, 5.74) is 0. The Morgan fingerprint density at radius 3 is 1.79 bits per heavy atom. The molecule has 0 aromatic carbocycles. The normalized spacial score (nSPS) is 49.5. The molecule has 8 N–H and O–H groups in total. The fourth-order valence-electron chi connectivity index (χ4n) is 2.57. The van der Waals surface area contributed by atoms with E-state index in [0.29, 0.717) is 0 Å². The number of aliphatic hydroxyl groups is 8. The van der Waals surface area contributed by atoms with Crippen LogP contribution in [0, 0.1) is 0 Å². The van der Waals surface area contributed by atoms with Crippen molar-refractivity contribution in [2.45, 2.75) is 61.4 Å². The second kappa shape index (κ2) is 9.30. The molecule has 2 aliphatic rings. The van der Waals surface area contributed by atoms with E-state index >= 15 is 0 Å². The molecular formula is C12H22AuO11. The minimum atomic E-state index is -1.74. The number of ether oxygens (including phenoxy) is 3. The Morgan fingerprint density at radius 1 is 0.667 bits per heavy atom. The Kier molecular flexibility index (Phi) is 8.66. The molecule has 11 nitrogen and oxygen atoms in total. The molecule has 0 aromatic heterocycles. The van der Waals surface area contributed by atoms with Gasteiger partial charge < -0.3 is 55.1 Å². The van der Waals surface area contributed by atoms with Gasteiger partial charge in [0.05, 0.1) is 13.2 Å². The van der Waals surface area contributed by atoms with Crippen molar-refractivity contribution in [3.8, 4) is 0 Å². The smallest absolute Gasteiger partial charge is 0.187 e. The minimum absolute atomic E-state index is 0. The molecule has 0 spiro atoms. The van der Waals surface area contributed by atoms with Gasteiger partial charge in [0, 0.05) is 22.4 Å². The monoisotopic (exact) mass is 539 g/mol. The van der Waals surface area contributed by atoms with Gasteiger partial charge in [-0.15, -0.1) is 0 Å². The molecule has 147 valence electrons. The first kappa shape index (κ1) is 22.3. The first-order chi connectivity index (χ1) is 10.8. The molecule has 0 aromatic rings. The van der Waals surface area contributed by atoms with Crippen molar-refractivity contribution in [2.75, 3.05) is 13.2 Å². The maximum atomic E-state index is 9.94. The average Bonchev–Trinajstić information content (AvgIpc) is 2.55. The zero-order valence-electron chi connectivity index (χ0n) is 12.3. The van der Waals surface area contributed by atoms with E-state index in [1.165, 1.54) is 0 Å². The van der Waals surface area contributed by atoms with Gasteiger partial charge in [0.2, 0.25) is 0 Å². The predicted molar refractivity (Wildman–Crippen MR) is 68.6 cm³/mol. The Morgan fingerprint density at radius 2 is 1.25 bits per heavy atom. The number of hydrogen-bond acceptors (Lipinski definition) is 11. The van der Waals surface area contributed by atoms with Gasteiger partial charge in [-0.1, -0.05) is 0 Å². The zero-order chi connectivity index (χ0) is 17.3. The largest absolute Gasteiger partial charge is 0.394 e. The van der Waals surface area contributed by atoms with Crippen LogP contribution in [0.5, 0.6) is 0 Å². The van der Waals surface area contributed by atoms with Crippen LogP contribution < -0.4 is 0 Å². The standard InChI is InChI=1S/C12H22O11.Au/c13-1-3-5(15)6(16)9(19)12(22-3)23-10-4(2-14)21-11(20)8(18)7(10)17;/h3-20H,1-2H2;/t3-,4-,5+,6+,7-,8-,9-,10-,11?,12+;/m1./s1. The Hall–Kier alpha value is 0.300. The van der Waals surface area contributed by atoms with Crippen LogP contribution >= 0.6 is 0 Å². The van der Waals surface area contributed by atoms with E-state index in [1.807, 2.05) is 0 Å². The number of hydrogen-bond donors (Lipinski definition) is 8. The Bertz CT molecular complexity index is 384. The molecule has 0 aliphatic carbocycles. The van der Waals surface area contributed by atoms with Crippen LogP contribution in [-0.2, 0) is 36.6 Å². The van der Waals surface area contributed by atoms with E-state index in [1.54, 1.807) is 0 Å². The van der Waals surface area contributed by atoms with Crippen LogP contribution in [0.1, 0.15) is 0 Å². The molecule has 0 bridgehead atoms. The van der Waals surface area contributed by atoms with Crippen molar-refractivity contribution in [3.05, 3.63) is 0 Å². The topological polar surface area (TPSA) is 190 Å². The van der Waals surface area contributed by atoms with Crippen LogP contribution in [-0.4, -0.2) is 115 Å². The van der Waals surface area contributed by atoms with E-state index in [4.69, 9.17) is 19.3 Å². The van der Waals surface area contributed by atoms with Gasteiger partial charge in [0.1, 0.15) is 48.8 Å². The van der Waals surface area contributed by atoms with Gasteiger partial charge in [-0.2, -0.15) is 0 Å². The first-order valence-corrected chi connectivity index (χ1v) is 7.08. The molecule has 2 saturated heterocycles. The molecule has 2 aliphatic heterocycles. The summed E-state index contributed by atoms with van der Waals surface area (Å²) < 4.78 is 15.3. The summed E-state index contributed by atoms with van der Waals surface area (Å²) in [6.07, 6.45) is -15.6. The zero-order valence-corrected chi connectivity index (χ0v) is 14.5. The van der Waals surface area contributed by atoms with Crippen LogP contribution in [0.4, 0.5) is 0 Å². The van der Waals surface area contributed by atoms with Gasteiger partial charge in [-0.25, -0.2) is 0 Å². The third-order valence-electron chi connectivity index (χ3n) is 3.98. The Labute approximate surface area is 152 Å². The molecule has 2 rings (SSSR count). The third kappa shape index (κ3) is 4.34. The van der Waals surface area contributed by atoms with Crippen molar-refractivity contribution in [1.82, 2.24) is 0 Å². The van der Waals surface area contributed by atoms with Crippen LogP contribution in [0.25, 0.3) is 0 Å². The van der Waals surface area contributed by atoms with Gasteiger partial charge in [0.25, 0.3) is 0 Å². The molecule has 24 heavy (non-hydrogen) atoms. The quantitative estimate of drug-likeness (QED) is 0.159. The third-order valence-corrected chi connectivity index (χ3v) is 3.98. The van der Waals surface area contributed by atoms with Gasteiger partial charge in [-0.3, -0.25) is 0 Å². The van der Waals surface area contributed by atoms with Gasteiger partial charge in [0.15, 0.2) is 12.6 Å². The fourth-order valence-corrected chi connectivity index (χ4v) is 2.57. The van der Waals surface area contributed by atoms with Crippen LogP contribution in [0.2, 0.25) is 0 Å². The van der Waals surface area contributed by atoms with E-state index in [2.05, 4.69) is 0 Å². The van der Waals surface area contributed by atoms with Crippen molar-refractivity contribution >= 4 is 0 Å². The molecule has 2 fully saturated rings. The van der Waals surface area contributed by atoms with Crippen molar-refractivity contribution < 1.29 is 77.4 Å². The average molecular weight is 539 g/mol. The Balaban J connectivity index is 0.00000288. The fraction of sp³-hybridized carbons (Fsp3) is 1.00. The maximum absolute atomic E-state index is 9.94. The first-order valence-electron chi connectivity index (χ1n) is 7.08. The van der Waals surface area contributed by atoms with Gasteiger partial charge in [-0.05, 0) is 0 Å². The summed E-state index contributed by atoms with van der Waals surface area (Å²) >= 11 is 0. The SMILES string of the molecule is OC[C@H]1O[C@@H](O[C@H]2[C@H](O)[C@@H](O)C(O)O[C@@H]2CO)[C@H](O)[C@@H](O)[C@H]1O.[Au]. The van der Waals surface area contributed by atoms with Gasteiger partial charge >= 0.3 is 0 Å². The van der Waals surface area contributed by atoms with Crippen molar-refractivity contribution in [2.24, 2.45) is 0 Å². The van der Waals surface area contributed by atoms with E-state index in [-0.39, 0.29) is 22.4 Å². The molecule has 2 heterocycles. The summed E-state index contributed by atoms with van der Waals surface area (Å²) in [5.74, 6) is 0. The summed E-state index contributed by atoms with van der Waals surface area (Å²) in [5, 5.41) is 76.5. The van der Waals surface area contributed by atoms with Crippen molar-refractivity contribution in [3.63, 3.8) is 0 Å². The molecule has 12 heteroatoms.